The summed E-state index contributed by atoms with van der Waals surface area (Å²) in [6.45, 7) is 0. The Hall–Kier alpha value is -1.50. The molecule has 0 radical (unpaired) electrons. The van der Waals surface area contributed by atoms with E-state index in [1.54, 1.807) is 18.2 Å². The third-order valence-electron chi connectivity index (χ3n) is 2.22. The van der Waals surface area contributed by atoms with Crippen LogP contribution in [0, 0.1) is 0 Å². The Kier molecular flexibility index (Phi) is 2.65. The maximum Gasteiger partial charge on any atom is 0.501 e. The first kappa shape index (κ1) is 12.0. The van der Waals surface area contributed by atoms with Crippen LogP contribution in [0.4, 0.5) is 13.2 Å². The Morgan fingerprint density at radius 3 is 2.47 bits per heavy atom. The van der Waals surface area contributed by atoms with Gasteiger partial charge in [-0.3, -0.25) is 0 Å². The van der Waals surface area contributed by atoms with E-state index in [2.05, 4.69) is 0 Å². The summed E-state index contributed by atoms with van der Waals surface area (Å²) in [6, 6.07) is 6.25. The number of sulfone groups is 1. The number of rotatable bonds is 1. The van der Waals surface area contributed by atoms with E-state index in [4.69, 9.17) is 4.74 Å². The molecule has 1 aromatic rings. The van der Waals surface area contributed by atoms with Crippen molar-refractivity contribution in [1.82, 2.24) is 0 Å². The molecule has 0 spiro atoms. The Morgan fingerprint density at radius 1 is 1.18 bits per heavy atom. The molecule has 0 aliphatic carbocycles. The first-order chi connectivity index (χ1) is 7.82. The molecule has 0 N–H and O–H groups in total. The van der Waals surface area contributed by atoms with Gasteiger partial charge in [0.25, 0.3) is 9.84 Å². The fourth-order valence-electron chi connectivity index (χ4n) is 1.37. The van der Waals surface area contributed by atoms with Gasteiger partial charge in [-0.2, -0.15) is 13.2 Å². The smallest absolute Gasteiger partial charge is 0.469 e. The molecule has 3 nitrogen and oxygen atoms in total. The van der Waals surface area contributed by atoms with Gasteiger partial charge >= 0.3 is 5.51 Å². The van der Waals surface area contributed by atoms with Crippen LogP contribution < -0.4 is 4.74 Å². The van der Waals surface area contributed by atoms with Gasteiger partial charge in [0.05, 0.1) is 0 Å². The summed E-state index contributed by atoms with van der Waals surface area (Å²) in [5.41, 5.74) is -6.80. The van der Waals surface area contributed by atoms with Gasteiger partial charge in [0, 0.05) is 5.56 Å². The molecule has 2 rings (SSSR count). The molecule has 0 saturated heterocycles. The Labute approximate surface area is 95.4 Å². The molecule has 7 heteroatoms. The van der Waals surface area contributed by atoms with E-state index < -0.39 is 20.8 Å². The highest BCUT2D eigenvalue weighted by atomic mass is 32.2. The average Bonchev–Trinajstić information content (AvgIpc) is 2.27. The van der Waals surface area contributed by atoms with E-state index in [1.807, 2.05) is 0 Å². The summed E-state index contributed by atoms with van der Waals surface area (Å²) >= 11 is 0. The van der Waals surface area contributed by atoms with Crippen LogP contribution in [-0.4, -0.2) is 19.4 Å². The molecular weight excluding hydrogens is 257 g/mol. The molecular formula is C10H7F3O3S. The van der Waals surface area contributed by atoms with Crippen LogP contribution in [0.15, 0.2) is 30.3 Å². The van der Waals surface area contributed by atoms with Gasteiger partial charge in [0.15, 0.2) is 0 Å². The normalized spacial score (nSPS) is 19.6. The Balaban J connectivity index is 2.37. The zero-order valence-corrected chi connectivity index (χ0v) is 9.12. The van der Waals surface area contributed by atoms with Gasteiger partial charge < -0.3 is 4.74 Å². The van der Waals surface area contributed by atoms with Crippen LogP contribution in [0.5, 0.6) is 5.75 Å². The standard InChI is InChI=1S/C10H7F3O3S/c11-10(12,13)17(14,15)9-6-5-7-3-1-2-4-8(7)16-9/h1-6,9H. The molecule has 17 heavy (non-hydrogen) atoms. The van der Waals surface area contributed by atoms with Gasteiger partial charge in [-0.15, -0.1) is 0 Å². The summed E-state index contributed by atoms with van der Waals surface area (Å²) in [6.07, 6.45) is 2.18. The fraction of sp³-hybridized carbons (Fsp3) is 0.200. The second-order valence-corrected chi connectivity index (χ2v) is 5.39. The molecule has 0 fully saturated rings. The van der Waals surface area contributed by atoms with Gasteiger partial charge in [0.1, 0.15) is 5.75 Å². The van der Waals surface area contributed by atoms with Crippen molar-refractivity contribution in [2.24, 2.45) is 0 Å². The van der Waals surface area contributed by atoms with Crippen molar-refractivity contribution in [2.45, 2.75) is 10.9 Å². The monoisotopic (exact) mass is 264 g/mol. The van der Waals surface area contributed by atoms with Crippen molar-refractivity contribution in [2.75, 3.05) is 0 Å². The van der Waals surface area contributed by atoms with E-state index in [0.29, 0.717) is 5.56 Å². The fourth-order valence-corrected chi connectivity index (χ4v) is 2.15. The zero-order chi connectivity index (χ0) is 12.7. The molecule has 92 valence electrons. The number of hydrogen-bond donors (Lipinski definition) is 0. The number of hydrogen-bond acceptors (Lipinski definition) is 3. The number of halogens is 3. The van der Waals surface area contributed by atoms with Crippen LogP contribution in [0.25, 0.3) is 6.08 Å². The summed E-state index contributed by atoms with van der Waals surface area (Å²) in [5, 5.41) is 0. The van der Waals surface area contributed by atoms with E-state index in [-0.39, 0.29) is 5.75 Å². The Bertz CT molecular complexity index is 560. The van der Waals surface area contributed by atoms with Crippen molar-refractivity contribution < 1.29 is 26.3 Å². The minimum Gasteiger partial charge on any atom is -0.469 e. The first-order valence-corrected chi connectivity index (χ1v) is 6.11. The van der Waals surface area contributed by atoms with Gasteiger partial charge in [-0.25, -0.2) is 8.42 Å². The van der Waals surface area contributed by atoms with Crippen molar-refractivity contribution in [3.8, 4) is 5.75 Å². The number of ether oxygens (including phenoxy) is 1. The van der Waals surface area contributed by atoms with Gasteiger partial charge in [0.2, 0.25) is 5.44 Å². The molecule has 1 heterocycles. The highest BCUT2D eigenvalue weighted by Crippen LogP contribution is 2.33. The van der Waals surface area contributed by atoms with E-state index in [1.165, 1.54) is 12.1 Å². The summed E-state index contributed by atoms with van der Waals surface area (Å²) in [5.74, 6) is 0.118. The third-order valence-corrected chi connectivity index (χ3v) is 3.73. The predicted molar refractivity (Wildman–Crippen MR) is 54.9 cm³/mol. The van der Waals surface area contributed by atoms with Crippen LogP contribution in [0.3, 0.4) is 0 Å². The van der Waals surface area contributed by atoms with Gasteiger partial charge in [-0.1, -0.05) is 24.3 Å². The molecule has 0 aromatic heterocycles. The zero-order valence-electron chi connectivity index (χ0n) is 8.31. The first-order valence-electron chi connectivity index (χ1n) is 4.56. The molecule has 1 unspecified atom stereocenters. The van der Waals surface area contributed by atoms with Crippen LogP contribution in [-0.2, 0) is 9.84 Å². The molecule has 1 aliphatic heterocycles. The maximum atomic E-state index is 12.3. The minimum atomic E-state index is -5.35. The maximum absolute atomic E-state index is 12.3. The predicted octanol–water partition coefficient (Wildman–Crippen LogP) is 2.35. The highest BCUT2D eigenvalue weighted by molar-refractivity contribution is 7.92. The van der Waals surface area contributed by atoms with Crippen molar-refractivity contribution in [3.05, 3.63) is 35.9 Å². The topological polar surface area (TPSA) is 43.4 Å². The second kappa shape index (κ2) is 3.76. The lowest BCUT2D eigenvalue weighted by Gasteiger charge is -2.22. The number of fused-ring (bicyclic) bond motifs is 1. The summed E-state index contributed by atoms with van der Waals surface area (Å²) in [4.78, 5) is 0. The molecule has 1 aromatic carbocycles. The molecule has 1 aliphatic rings. The third kappa shape index (κ3) is 2.02. The van der Waals surface area contributed by atoms with Crippen LogP contribution in [0.1, 0.15) is 5.56 Å². The van der Waals surface area contributed by atoms with Crippen molar-refractivity contribution in [1.29, 1.82) is 0 Å². The minimum absolute atomic E-state index is 0.118. The lowest BCUT2D eigenvalue weighted by Crippen LogP contribution is -2.37. The lowest BCUT2D eigenvalue weighted by atomic mass is 10.1. The molecule has 1 atom stereocenters. The summed E-state index contributed by atoms with van der Waals surface area (Å²) < 4.78 is 63.9. The van der Waals surface area contributed by atoms with Crippen molar-refractivity contribution in [3.63, 3.8) is 0 Å². The highest BCUT2D eigenvalue weighted by Gasteiger charge is 2.51. The number of para-hydroxylation sites is 1. The summed E-state index contributed by atoms with van der Waals surface area (Å²) in [7, 11) is -5.35. The quantitative estimate of drug-likeness (QED) is 0.782. The molecule has 0 amide bonds. The largest absolute Gasteiger partial charge is 0.501 e. The van der Waals surface area contributed by atoms with Crippen molar-refractivity contribution >= 4 is 15.9 Å². The second-order valence-electron chi connectivity index (χ2n) is 3.37. The van der Waals surface area contributed by atoms with Crippen LogP contribution in [0.2, 0.25) is 0 Å². The lowest BCUT2D eigenvalue weighted by molar-refractivity contribution is -0.0461. The number of benzene rings is 1. The van der Waals surface area contributed by atoms with E-state index in [9.17, 15) is 21.6 Å². The molecule has 0 saturated carbocycles. The van der Waals surface area contributed by atoms with E-state index in [0.717, 1.165) is 6.08 Å². The number of alkyl halides is 3. The average molecular weight is 264 g/mol. The Morgan fingerprint density at radius 2 is 1.82 bits per heavy atom. The van der Waals surface area contributed by atoms with Gasteiger partial charge in [-0.05, 0) is 12.1 Å². The molecule has 0 bridgehead atoms. The SMILES string of the molecule is O=S(=O)(C1C=Cc2ccccc2O1)C(F)(F)F. The van der Waals surface area contributed by atoms with Crippen LogP contribution >= 0.6 is 0 Å². The van der Waals surface area contributed by atoms with E-state index >= 15 is 0 Å².